The summed E-state index contributed by atoms with van der Waals surface area (Å²) in [6.07, 6.45) is 1.34. The van der Waals surface area contributed by atoms with E-state index >= 15 is 0 Å². The van der Waals surface area contributed by atoms with E-state index in [1.54, 1.807) is 6.33 Å². The normalized spacial score (nSPS) is 21.2. The third-order valence-corrected chi connectivity index (χ3v) is 5.12. The highest BCUT2D eigenvalue weighted by Gasteiger charge is 2.35. The van der Waals surface area contributed by atoms with E-state index in [9.17, 15) is 4.79 Å². The Morgan fingerprint density at radius 3 is 2.62 bits per heavy atom. The number of halogens is 1. The van der Waals surface area contributed by atoms with E-state index in [2.05, 4.69) is 37.7 Å². The van der Waals surface area contributed by atoms with Crippen molar-refractivity contribution in [2.24, 2.45) is 0 Å². The van der Waals surface area contributed by atoms with Gasteiger partial charge in [0.15, 0.2) is 0 Å². The first-order valence-corrected chi connectivity index (χ1v) is 9.62. The van der Waals surface area contributed by atoms with Crippen LogP contribution in [-0.4, -0.2) is 51.7 Å². The number of rotatable bonds is 1. The predicted molar refractivity (Wildman–Crippen MR) is 106 cm³/mol. The van der Waals surface area contributed by atoms with E-state index in [-0.39, 0.29) is 18.2 Å². The van der Waals surface area contributed by atoms with Gasteiger partial charge in [-0.15, -0.1) is 0 Å². The van der Waals surface area contributed by atoms with Crippen LogP contribution in [0.3, 0.4) is 0 Å². The maximum Gasteiger partial charge on any atom is 0.410 e. The van der Waals surface area contributed by atoms with Gasteiger partial charge < -0.3 is 14.5 Å². The monoisotopic (exact) mass is 420 g/mol. The van der Waals surface area contributed by atoms with E-state index in [0.29, 0.717) is 13.1 Å². The molecule has 1 aliphatic heterocycles. The summed E-state index contributed by atoms with van der Waals surface area (Å²) >= 11 is 3.56. The predicted octanol–water partition coefficient (Wildman–Crippen LogP) is 4.23. The maximum absolute atomic E-state index is 12.5. The number of carbonyl (C=O) groups is 1. The molecule has 7 heteroatoms. The molecule has 1 fully saturated rings. The van der Waals surface area contributed by atoms with Gasteiger partial charge in [-0.1, -0.05) is 6.07 Å². The average Bonchev–Trinajstić information content (AvgIpc) is 2.55. The number of nitrogens with zero attached hydrogens (tertiary/aromatic N) is 4. The van der Waals surface area contributed by atoms with E-state index < -0.39 is 5.60 Å². The molecule has 0 radical (unpaired) electrons. The molecule has 2 aromatic rings. The highest BCUT2D eigenvalue weighted by molar-refractivity contribution is 9.10. The number of hydrogen-bond acceptors (Lipinski definition) is 5. The number of para-hydroxylation sites is 1. The number of aromatic nitrogens is 2. The largest absolute Gasteiger partial charge is 0.444 e. The SMILES string of the molecule is C[C@@H]1CN(c2ncnc3c(Br)cccc23)[C@@H](C)CN1C(=O)OC(C)(C)C. The third kappa shape index (κ3) is 3.77. The summed E-state index contributed by atoms with van der Waals surface area (Å²) in [4.78, 5) is 25.5. The van der Waals surface area contributed by atoms with Crippen molar-refractivity contribution in [3.05, 3.63) is 29.0 Å². The van der Waals surface area contributed by atoms with Crippen molar-refractivity contribution in [2.45, 2.75) is 52.3 Å². The van der Waals surface area contributed by atoms with Crippen molar-refractivity contribution in [1.29, 1.82) is 0 Å². The van der Waals surface area contributed by atoms with E-state index in [0.717, 1.165) is 21.2 Å². The van der Waals surface area contributed by atoms with Gasteiger partial charge in [-0.3, -0.25) is 0 Å². The quantitative estimate of drug-likeness (QED) is 0.690. The smallest absolute Gasteiger partial charge is 0.410 e. The number of hydrogen-bond donors (Lipinski definition) is 0. The van der Waals surface area contributed by atoms with Crippen molar-refractivity contribution < 1.29 is 9.53 Å². The molecule has 2 heterocycles. The number of amides is 1. The first-order valence-electron chi connectivity index (χ1n) is 8.83. The minimum atomic E-state index is -0.494. The number of carbonyl (C=O) groups excluding carboxylic acids is 1. The molecule has 0 spiro atoms. The van der Waals surface area contributed by atoms with E-state index in [4.69, 9.17) is 4.74 Å². The first kappa shape index (κ1) is 18.9. The summed E-state index contributed by atoms with van der Waals surface area (Å²) in [7, 11) is 0. The van der Waals surface area contributed by atoms with Crippen LogP contribution in [0.4, 0.5) is 10.6 Å². The lowest BCUT2D eigenvalue weighted by Gasteiger charge is -2.44. The Bertz CT molecular complexity index is 821. The second kappa shape index (κ2) is 7.02. The Morgan fingerprint density at radius 2 is 1.92 bits per heavy atom. The van der Waals surface area contributed by atoms with Crippen LogP contribution >= 0.6 is 15.9 Å². The van der Waals surface area contributed by atoms with Crippen LogP contribution in [0.5, 0.6) is 0 Å². The van der Waals surface area contributed by atoms with Crippen molar-refractivity contribution in [2.75, 3.05) is 18.0 Å². The minimum Gasteiger partial charge on any atom is -0.444 e. The van der Waals surface area contributed by atoms with Crippen molar-refractivity contribution >= 4 is 38.7 Å². The molecule has 0 unspecified atom stereocenters. The van der Waals surface area contributed by atoms with Gasteiger partial charge >= 0.3 is 6.09 Å². The molecule has 0 saturated carbocycles. The molecule has 0 bridgehead atoms. The second-order valence-electron chi connectivity index (χ2n) is 7.82. The second-order valence-corrected chi connectivity index (χ2v) is 8.67. The number of fused-ring (bicyclic) bond motifs is 1. The fraction of sp³-hybridized carbons (Fsp3) is 0.526. The Labute approximate surface area is 162 Å². The molecule has 3 rings (SSSR count). The molecule has 2 atom stereocenters. The molecule has 1 amide bonds. The molecule has 1 aromatic carbocycles. The van der Waals surface area contributed by atoms with Crippen LogP contribution in [0.1, 0.15) is 34.6 Å². The number of anilines is 1. The lowest BCUT2D eigenvalue weighted by Crippen LogP contribution is -2.59. The summed E-state index contributed by atoms with van der Waals surface area (Å²) in [5, 5.41) is 1.01. The molecule has 1 aromatic heterocycles. The number of ether oxygens (including phenoxy) is 1. The lowest BCUT2D eigenvalue weighted by molar-refractivity contribution is 0.0130. The van der Waals surface area contributed by atoms with Gasteiger partial charge in [0, 0.05) is 35.0 Å². The van der Waals surface area contributed by atoms with E-state index in [1.807, 2.05) is 50.8 Å². The maximum atomic E-state index is 12.5. The summed E-state index contributed by atoms with van der Waals surface area (Å²) in [6, 6.07) is 6.15. The minimum absolute atomic E-state index is 0.0261. The molecular weight excluding hydrogens is 396 g/mol. The van der Waals surface area contributed by atoms with Crippen molar-refractivity contribution in [3.63, 3.8) is 0 Å². The molecule has 6 nitrogen and oxygen atoms in total. The molecule has 1 aliphatic rings. The van der Waals surface area contributed by atoms with Crippen LogP contribution in [0.25, 0.3) is 10.9 Å². The molecule has 1 saturated heterocycles. The molecule has 140 valence electrons. The van der Waals surface area contributed by atoms with Gasteiger partial charge in [-0.25, -0.2) is 14.8 Å². The average molecular weight is 421 g/mol. The molecule has 26 heavy (non-hydrogen) atoms. The standard InChI is InChI=1S/C19H25BrN4O2/c1-12-10-24(18(25)26-19(3,4)5)13(2)9-23(12)17-14-7-6-8-15(20)16(14)21-11-22-17/h6-8,11-13H,9-10H2,1-5H3/t12-,13+/m0/s1. The Balaban J connectivity index is 1.87. The van der Waals surface area contributed by atoms with Gasteiger partial charge in [0.1, 0.15) is 17.7 Å². The van der Waals surface area contributed by atoms with Crippen molar-refractivity contribution in [1.82, 2.24) is 14.9 Å². The Morgan fingerprint density at radius 1 is 1.19 bits per heavy atom. The third-order valence-electron chi connectivity index (χ3n) is 4.48. The van der Waals surface area contributed by atoms with Gasteiger partial charge in [0.2, 0.25) is 0 Å². The zero-order valence-electron chi connectivity index (χ0n) is 15.9. The molecular formula is C19H25BrN4O2. The van der Waals surface area contributed by atoms with Gasteiger partial charge in [-0.2, -0.15) is 0 Å². The van der Waals surface area contributed by atoms with Crippen LogP contribution in [0, 0.1) is 0 Å². The highest BCUT2D eigenvalue weighted by atomic mass is 79.9. The first-order chi connectivity index (χ1) is 12.2. The molecule has 0 aliphatic carbocycles. The Kier molecular flexibility index (Phi) is 5.10. The van der Waals surface area contributed by atoms with Gasteiger partial charge in [-0.05, 0) is 62.7 Å². The van der Waals surface area contributed by atoms with Crippen molar-refractivity contribution in [3.8, 4) is 0 Å². The van der Waals surface area contributed by atoms with Gasteiger partial charge in [0.05, 0.1) is 5.52 Å². The lowest BCUT2D eigenvalue weighted by atomic mass is 10.1. The highest BCUT2D eigenvalue weighted by Crippen LogP contribution is 2.31. The van der Waals surface area contributed by atoms with Crippen LogP contribution in [-0.2, 0) is 4.74 Å². The number of benzene rings is 1. The topological polar surface area (TPSA) is 58.6 Å². The van der Waals surface area contributed by atoms with E-state index in [1.165, 1.54) is 0 Å². The Hall–Kier alpha value is -1.89. The zero-order chi connectivity index (χ0) is 19.1. The fourth-order valence-corrected chi connectivity index (χ4v) is 3.73. The molecule has 0 N–H and O–H groups in total. The fourth-order valence-electron chi connectivity index (χ4n) is 3.26. The van der Waals surface area contributed by atoms with Gasteiger partial charge in [0.25, 0.3) is 0 Å². The van der Waals surface area contributed by atoms with Crippen LogP contribution < -0.4 is 4.90 Å². The van der Waals surface area contributed by atoms with Crippen LogP contribution in [0.2, 0.25) is 0 Å². The summed E-state index contributed by atoms with van der Waals surface area (Å²) in [6.45, 7) is 11.1. The summed E-state index contributed by atoms with van der Waals surface area (Å²) in [5.74, 6) is 0.902. The summed E-state index contributed by atoms with van der Waals surface area (Å²) in [5.41, 5.74) is 0.402. The zero-order valence-corrected chi connectivity index (χ0v) is 17.4. The van der Waals surface area contributed by atoms with Crippen LogP contribution in [0.15, 0.2) is 29.0 Å². The summed E-state index contributed by atoms with van der Waals surface area (Å²) < 4.78 is 6.51. The number of piperazine rings is 1.